The lowest BCUT2D eigenvalue weighted by molar-refractivity contribution is 0.201. The molecule has 1 aromatic heterocycles. The highest BCUT2D eigenvalue weighted by molar-refractivity contribution is 7.85. The molecule has 0 spiro atoms. The zero-order valence-corrected chi connectivity index (χ0v) is 18.0. The first-order valence-corrected chi connectivity index (χ1v) is 12.0. The molecule has 2 saturated carbocycles. The van der Waals surface area contributed by atoms with Gasteiger partial charge in [-0.1, -0.05) is 13.3 Å². The Morgan fingerprint density at radius 3 is 2.86 bits per heavy atom. The van der Waals surface area contributed by atoms with Gasteiger partial charge in [0.1, 0.15) is 6.10 Å². The summed E-state index contributed by atoms with van der Waals surface area (Å²) in [4.78, 5) is 8.72. The Kier molecular flexibility index (Phi) is 8.13. The molecule has 156 valence electrons. The van der Waals surface area contributed by atoms with Crippen LogP contribution in [0.25, 0.3) is 0 Å². The van der Waals surface area contributed by atoms with E-state index in [0.717, 1.165) is 55.8 Å². The van der Waals surface area contributed by atoms with Crippen LogP contribution in [0.15, 0.2) is 23.3 Å². The molecule has 28 heavy (non-hydrogen) atoms. The summed E-state index contributed by atoms with van der Waals surface area (Å²) >= 11 is 0. The maximum absolute atomic E-state index is 12.2. The average molecular weight is 407 g/mol. The third-order valence-electron chi connectivity index (χ3n) is 5.70. The molecule has 0 aromatic carbocycles. The number of nitrogens with zero attached hydrogens (tertiary/aromatic N) is 2. The lowest BCUT2D eigenvalue weighted by Crippen LogP contribution is -2.46. The monoisotopic (exact) mass is 406 g/mol. The van der Waals surface area contributed by atoms with Crippen molar-refractivity contribution >= 4 is 16.8 Å². The first-order valence-electron chi connectivity index (χ1n) is 10.6. The molecule has 2 aliphatic rings. The molecule has 0 bridgehead atoms. The summed E-state index contributed by atoms with van der Waals surface area (Å²) in [6.07, 6.45) is 11.1. The zero-order valence-electron chi connectivity index (χ0n) is 17.2. The van der Waals surface area contributed by atoms with Crippen LogP contribution in [-0.4, -0.2) is 45.3 Å². The van der Waals surface area contributed by atoms with E-state index in [-0.39, 0.29) is 0 Å². The fourth-order valence-corrected chi connectivity index (χ4v) is 5.47. The van der Waals surface area contributed by atoms with Gasteiger partial charge in [-0.05, 0) is 56.6 Å². The number of hydrogen-bond acceptors (Lipinski definition) is 4. The van der Waals surface area contributed by atoms with Crippen LogP contribution in [0.1, 0.15) is 63.9 Å². The predicted octanol–water partition coefficient (Wildman–Crippen LogP) is 3.15. The van der Waals surface area contributed by atoms with E-state index in [1.54, 1.807) is 7.05 Å². The molecule has 2 fully saturated rings. The quantitative estimate of drug-likeness (QED) is 0.537. The van der Waals surface area contributed by atoms with Crippen molar-refractivity contribution in [3.05, 3.63) is 23.9 Å². The molecule has 1 heterocycles. The van der Waals surface area contributed by atoms with Crippen molar-refractivity contribution in [2.24, 2.45) is 4.99 Å². The minimum absolute atomic E-state index is 0.310. The highest BCUT2D eigenvalue weighted by Crippen LogP contribution is 2.24. The Balaban J connectivity index is 1.49. The van der Waals surface area contributed by atoms with E-state index in [1.165, 1.54) is 12.8 Å². The fraction of sp³-hybridized carbons (Fsp3) is 0.714. The molecule has 0 saturated heterocycles. The molecular weight excluding hydrogens is 372 g/mol. The van der Waals surface area contributed by atoms with E-state index in [0.29, 0.717) is 29.8 Å². The van der Waals surface area contributed by atoms with Gasteiger partial charge < -0.3 is 15.4 Å². The minimum atomic E-state index is -0.711. The first kappa shape index (κ1) is 21.1. The van der Waals surface area contributed by atoms with Crippen molar-refractivity contribution in [1.82, 2.24) is 15.6 Å². The third kappa shape index (κ3) is 6.19. The van der Waals surface area contributed by atoms with Gasteiger partial charge in [0.25, 0.3) is 0 Å². The maximum atomic E-state index is 12.2. The Labute approximate surface area is 171 Å². The van der Waals surface area contributed by atoms with Crippen molar-refractivity contribution in [3.63, 3.8) is 0 Å². The van der Waals surface area contributed by atoms with Crippen LogP contribution in [0.4, 0.5) is 0 Å². The molecule has 2 N–H and O–H groups in total. The van der Waals surface area contributed by atoms with E-state index in [9.17, 15) is 4.21 Å². The number of aliphatic imine (C=N–C) groups is 1. The Hall–Kier alpha value is -1.63. The molecule has 3 atom stereocenters. The van der Waals surface area contributed by atoms with Gasteiger partial charge in [0.2, 0.25) is 5.88 Å². The normalized spacial score (nSPS) is 24.7. The second-order valence-corrected chi connectivity index (χ2v) is 9.76. The predicted molar refractivity (Wildman–Crippen MR) is 115 cm³/mol. The van der Waals surface area contributed by atoms with E-state index in [2.05, 4.69) is 20.6 Å². The summed E-state index contributed by atoms with van der Waals surface area (Å²) in [6.45, 7) is 2.67. The highest BCUT2D eigenvalue weighted by atomic mass is 32.2. The second kappa shape index (κ2) is 10.8. The van der Waals surface area contributed by atoms with Crippen molar-refractivity contribution in [1.29, 1.82) is 0 Å². The molecule has 0 amide bonds. The third-order valence-corrected chi connectivity index (χ3v) is 7.44. The van der Waals surface area contributed by atoms with Crippen LogP contribution in [0.5, 0.6) is 5.88 Å². The number of nitrogens with one attached hydrogen (secondary N) is 2. The van der Waals surface area contributed by atoms with Gasteiger partial charge >= 0.3 is 0 Å². The Morgan fingerprint density at radius 2 is 2.11 bits per heavy atom. The first-order chi connectivity index (χ1) is 13.7. The average Bonchev–Trinajstić information content (AvgIpc) is 3.24. The smallest absolute Gasteiger partial charge is 0.213 e. The lowest BCUT2D eigenvalue weighted by Gasteiger charge is -2.30. The summed E-state index contributed by atoms with van der Waals surface area (Å²) < 4.78 is 18.2. The summed E-state index contributed by atoms with van der Waals surface area (Å²) in [5.41, 5.74) is 1.12. The molecular formula is C21H34N4O2S. The van der Waals surface area contributed by atoms with E-state index < -0.39 is 10.8 Å². The fourth-order valence-electron chi connectivity index (χ4n) is 4.13. The molecule has 0 aliphatic heterocycles. The Morgan fingerprint density at radius 1 is 1.29 bits per heavy atom. The largest absolute Gasteiger partial charge is 0.474 e. The lowest BCUT2D eigenvalue weighted by atomic mass is 9.95. The van der Waals surface area contributed by atoms with Gasteiger partial charge in [-0.25, -0.2) is 4.98 Å². The SMILES string of the molecule is CCS(=O)C1CCCC(NC(=NC)NCc2ccnc(OC3CCCC3)c2)C1. The summed E-state index contributed by atoms with van der Waals surface area (Å²) in [5, 5.41) is 7.22. The maximum Gasteiger partial charge on any atom is 0.213 e. The standard InChI is InChI=1S/C21H34N4O2S/c1-3-28(26)19-10-6-7-17(14-19)25-21(22-2)24-15-16-11-12-23-20(13-16)27-18-8-4-5-9-18/h11-13,17-19H,3-10,14-15H2,1-2H3,(H2,22,24,25). The molecule has 1 aromatic rings. The molecule has 3 rings (SSSR count). The number of ether oxygens (including phenoxy) is 1. The molecule has 2 aliphatic carbocycles. The number of guanidine groups is 1. The molecule has 6 nitrogen and oxygen atoms in total. The van der Waals surface area contributed by atoms with E-state index in [1.807, 2.05) is 25.3 Å². The van der Waals surface area contributed by atoms with Crippen molar-refractivity contribution in [3.8, 4) is 5.88 Å². The van der Waals surface area contributed by atoms with Crippen LogP contribution in [0, 0.1) is 0 Å². The summed E-state index contributed by atoms with van der Waals surface area (Å²) in [5.74, 6) is 2.26. The number of aromatic nitrogens is 1. The van der Waals surface area contributed by atoms with Crippen LogP contribution in [-0.2, 0) is 17.3 Å². The highest BCUT2D eigenvalue weighted by Gasteiger charge is 2.26. The van der Waals surface area contributed by atoms with Crippen LogP contribution >= 0.6 is 0 Å². The van der Waals surface area contributed by atoms with E-state index >= 15 is 0 Å². The van der Waals surface area contributed by atoms with Crippen LogP contribution < -0.4 is 15.4 Å². The molecule has 0 radical (unpaired) electrons. The van der Waals surface area contributed by atoms with Gasteiger partial charge in [-0.2, -0.15) is 0 Å². The molecule has 3 unspecified atom stereocenters. The van der Waals surface area contributed by atoms with Crippen molar-refractivity contribution < 1.29 is 8.95 Å². The number of rotatable bonds is 7. The molecule has 7 heteroatoms. The van der Waals surface area contributed by atoms with Crippen LogP contribution in [0.2, 0.25) is 0 Å². The topological polar surface area (TPSA) is 75.6 Å². The number of pyridine rings is 1. The van der Waals surface area contributed by atoms with Gasteiger partial charge in [0.15, 0.2) is 5.96 Å². The van der Waals surface area contributed by atoms with Crippen molar-refractivity contribution in [2.75, 3.05) is 12.8 Å². The minimum Gasteiger partial charge on any atom is -0.474 e. The Bertz CT molecular complexity index is 676. The van der Waals surface area contributed by atoms with Crippen molar-refractivity contribution in [2.45, 2.75) is 82.2 Å². The summed E-state index contributed by atoms with van der Waals surface area (Å²) in [6, 6.07) is 4.35. The van der Waals surface area contributed by atoms with Gasteiger partial charge in [-0.3, -0.25) is 9.20 Å². The van der Waals surface area contributed by atoms with E-state index in [4.69, 9.17) is 4.74 Å². The van der Waals surface area contributed by atoms with Gasteiger partial charge in [-0.15, -0.1) is 0 Å². The van der Waals surface area contributed by atoms with Crippen LogP contribution in [0.3, 0.4) is 0 Å². The second-order valence-electron chi connectivity index (χ2n) is 7.75. The van der Waals surface area contributed by atoms with Gasteiger partial charge in [0, 0.05) is 53.7 Å². The van der Waals surface area contributed by atoms with Gasteiger partial charge in [0.05, 0.1) is 0 Å². The summed E-state index contributed by atoms with van der Waals surface area (Å²) in [7, 11) is 1.08. The number of hydrogen-bond donors (Lipinski definition) is 2. The zero-order chi connectivity index (χ0) is 19.8.